The lowest BCUT2D eigenvalue weighted by Gasteiger charge is -2.31. The van der Waals surface area contributed by atoms with Gasteiger partial charge in [-0.3, -0.25) is 4.79 Å². The number of benzene rings is 1. The molecule has 0 amide bonds. The highest BCUT2D eigenvalue weighted by atomic mass is 16.4. The molecule has 0 bridgehead atoms. The largest absolute Gasteiger partial charge is 0.481 e. The van der Waals surface area contributed by atoms with E-state index >= 15 is 0 Å². The quantitative estimate of drug-likeness (QED) is 0.720. The SMILES string of the molecule is O=C(O)C1CCN(c2nccc3nc(NCc4ccccc4)ncc23)CC1. The van der Waals surface area contributed by atoms with Crippen LogP contribution in [0.2, 0.25) is 0 Å². The molecule has 138 valence electrons. The highest BCUT2D eigenvalue weighted by Gasteiger charge is 2.26. The number of rotatable bonds is 5. The summed E-state index contributed by atoms with van der Waals surface area (Å²) in [4.78, 5) is 26.8. The van der Waals surface area contributed by atoms with Gasteiger partial charge in [0.15, 0.2) is 0 Å². The van der Waals surface area contributed by atoms with Crippen molar-refractivity contribution in [3.63, 3.8) is 0 Å². The first-order valence-electron chi connectivity index (χ1n) is 9.08. The number of hydrogen-bond acceptors (Lipinski definition) is 6. The third-order valence-electron chi connectivity index (χ3n) is 4.93. The minimum absolute atomic E-state index is 0.263. The molecule has 0 aliphatic carbocycles. The van der Waals surface area contributed by atoms with Crippen LogP contribution in [0.15, 0.2) is 48.8 Å². The van der Waals surface area contributed by atoms with Crippen LogP contribution in [0.1, 0.15) is 18.4 Å². The van der Waals surface area contributed by atoms with E-state index in [1.165, 1.54) is 0 Å². The van der Waals surface area contributed by atoms with Crippen LogP contribution in [0, 0.1) is 5.92 Å². The summed E-state index contributed by atoms with van der Waals surface area (Å²) in [6.07, 6.45) is 4.80. The summed E-state index contributed by atoms with van der Waals surface area (Å²) >= 11 is 0. The Hall–Kier alpha value is -3.22. The van der Waals surface area contributed by atoms with Crippen molar-refractivity contribution in [3.05, 3.63) is 54.4 Å². The van der Waals surface area contributed by atoms with Gasteiger partial charge in [0.1, 0.15) is 5.82 Å². The molecule has 7 heteroatoms. The van der Waals surface area contributed by atoms with Crippen LogP contribution >= 0.6 is 0 Å². The first-order chi connectivity index (χ1) is 13.2. The first-order valence-corrected chi connectivity index (χ1v) is 9.08. The molecule has 3 aromatic rings. The number of nitrogens with one attached hydrogen (secondary N) is 1. The van der Waals surface area contributed by atoms with E-state index in [-0.39, 0.29) is 5.92 Å². The molecular formula is C20H21N5O2. The van der Waals surface area contributed by atoms with Gasteiger partial charge in [-0.25, -0.2) is 15.0 Å². The third kappa shape index (κ3) is 3.81. The Bertz CT molecular complexity index is 940. The number of piperidine rings is 1. The molecule has 1 saturated heterocycles. The van der Waals surface area contributed by atoms with Crippen molar-refractivity contribution in [3.8, 4) is 0 Å². The maximum Gasteiger partial charge on any atom is 0.306 e. The molecule has 1 aliphatic rings. The molecule has 0 unspecified atom stereocenters. The van der Waals surface area contributed by atoms with Crippen molar-refractivity contribution in [1.29, 1.82) is 0 Å². The normalized spacial score (nSPS) is 15.0. The van der Waals surface area contributed by atoms with Gasteiger partial charge in [-0.1, -0.05) is 30.3 Å². The summed E-state index contributed by atoms with van der Waals surface area (Å²) in [5.74, 6) is 0.429. The standard InChI is InChI=1S/C20H21N5O2/c26-19(27)15-7-10-25(11-8-15)18-16-13-23-20(24-17(16)6-9-21-18)22-12-14-4-2-1-3-5-14/h1-6,9,13,15H,7-8,10-12H2,(H,26,27)(H,22,23,24). The molecule has 0 spiro atoms. The molecule has 3 heterocycles. The summed E-state index contributed by atoms with van der Waals surface area (Å²) in [5, 5.41) is 13.3. The number of fused-ring (bicyclic) bond motifs is 1. The molecule has 4 rings (SSSR count). The smallest absolute Gasteiger partial charge is 0.306 e. The molecule has 0 radical (unpaired) electrons. The van der Waals surface area contributed by atoms with Gasteiger partial charge in [0.05, 0.1) is 16.8 Å². The van der Waals surface area contributed by atoms with Crippen LogP contribution in [0.4, 0.5) is 11.8 Å². The van der Waals surface area contributed by atoms with Crippen LogP contribution in [-0.4, -0.2) is 39.1 Å². The van der Waals surface area contributed by atoms with Gasteiger partial charge in [-0.05, 0) is 24.5 Å². The fraction of sp³-hybridized carbons (Fsp3) is 0.300. The van der Waals surface area contributed by atoms with Crippen molar-refractivity contribution in [2.75, 3.05) is 23.3 Å². The number of anilines is 2. The van der Waals surface area contributed by atoms with Gasteiger partial charge in [0.25, 0.3) is 0 Å². The second-order valence-electron chi connectivity index (χ2n) is 6.70. The van der Waals surface area contributed by atoms with Gasteiger partial charge in [-0.2, -0.15) is 0 Å². The molecule has 0 saturated carbocycles. The Balaban J connectivity index is 1.51. The molecular weight excluding hydrogens is 342 g/mol. The average molecular weight is 363 g/mol. The zero-order valence-electron chi connectivity index (χ0n) is 14.9. The average Bonchev–Trinajstić information content (AvgIpc) is 2.72. The maximum atomic E-state index is 11.2. The number of carbonyl (C=O) groups is 1. The zero-order chi connectivity index (χ0) is 18.6. The molecule has 1 fully saturated rings. The number of aliphatic carboxylic acids is 1. The Morgan fingerprint density at radius 2 is 1.93 bits per heavy atom. The van der Waals surface area contributed by atoms with Gasteiger partial charge >= 0.3 is 5.97 Å². The van der Waals surface area contributed by atoms with E-state index < -0.39 is 5.97 Å². The van der Waals surface area contributed by atoms with Gasteiger partial charge < -0.3 is 15.3 Å². The summed E-state index contributed by atoms with van der Waals surface area (Å²) in [7, 11) is 0. The minimum Gasteiger partial charge on any atom is -0.481 e. The molecule has 0 atom stereocenters. The number of nitrogens with zero attached hydrogens (tertiary/aromatic N) is 4. The topological polar surface area (TPSA) is 91.2 Å². The van der Waals surface area contributed by atoms with Crippen molar-refractivity contribution >= 4 is 28.6 Å². The second kappa shape index (κ2) is 7.57. The van der Waals surface area contributed by atoms with E-state index in [2.05, 4.69) is 37.3 Å². The zero-order valence-corrected chi connectivity index (χ0v) is 14.9. The highest BCUT2D eigenvalue weighted by molar-refractivity contribution is 5.89. The monoisotopic (exact) mass is 363 g/mol. The van der Waals surface area contributed by atoms with E-state index in [1.807, 2.05) is 24.3 Å². The maximum absolute atomic E-state index is 11.2. The molecule has 1 aliphatic heterocycles. The number of carboxylic acid groups (broad SMARTS) is 1. The second-order valence-corrected chi connectivity index (χ2v) is 6.70. The van der Waals surface area contributed by atoms with Gasteiger partial charge in [0.2, 0.25) is 5.95 Å². The fourth-order valence-electron chi connectivity index (χ4n) is 3.39. The van der Waals surface area contributed by atoms with E-state index in [4.69, 9.17) is 5.11 Å². The Morgan fingerprint density at radius 3 is 2.67 bits per heavy atom. The Kier molecular flexibility index (Phi) is 4.82. The number of aromatic nitrogens is 3. The first kappa shape index (κ1) is 17.2. The van der Waals surface area contributed by atoms with E-state index in [0.29, 0.717) is 38.4 Å². The van der Waals surface area contributed by atoms with Crippen molar-refractivity contribution in [2.24, 2.45) is 5.92 Å². The lowest BCUT2D eigenvalue weighted by Crippen LogP contribution is -2.36. The molecule has 1 aromatic carbocycles. The fourth-order valence-corrected chi connectivity index (χ4v) is 3.39. The van der Waals surface area contributed by atoms with Gasteiger partial charge in [-0.15, -0.1) is 0 Å². The van der Waals surface area contributed by atoms with Crippen LogP contribution in [0.3, 0.4) is 0 Å². The Labute approximate surface area is 157 Å². The summed E-state index contributed by atoms with van der Waals surface area (Å²) in [5.41, 5.74) is 1.99. The number of hydrogen-bond donors (Lipinski definition) is 2. The summed E-state index contributed by atoms with van der Waals surface area (Å²) < 4.78 is 0. The lowest BCUT2D eigenvalue weighted by atomic mass is 9.97. The highest BCUT2D eigenvalue weighted by Crippen LogP contribution is 2.27. The third-order valence-corrected chi connectivity index (χ3v) is 4.93. The van der Waals surface area contributed by atoms with Crippen molar-refractivity contribution < 1.29 is 9.90 Å². The molecule has 7 nitrogen and oxygen atoms in total. The predicted molar refractivity (Wildman–Crippen MR) is 104 cm³/mol. The molecule has 2 N–H and O–H groups in total. The lowest BCUT2D eigenvalue weighted by molar-refractivity contribution is -0.142. The minimum atomic E-state index is -0.710. The van der Waals surface area contributed by atoms with Crippen LogP contribution in [-0.2, 0) is 11.3 Å². The molecule has 27 heavy (non-hydrogen) atoms. The van der Waals surface area contributed by atoms with E-state index in [9.17, 15) is 4.79 Å². The predicted octanol–water partition coefficient (Wildman–Crippen LogP) is 2.94. The van der Waals surface area contributed by atoms with Crippen LogP contribution < -0.4 is 10.2 Å². The van der Waals surface area contributed by atoms with Crippen LogP contribution in [0.5, 0.6) is 0 Å². The van der Waals surface area contributed by atoms with E-state index in [1.54, 1.807) is 12.4 Å². The van der Waals surface area contributed by atoms with Crippen molar-refractivity contribution in [1.82, 2.24) is 15.0 Å². The number of pyridine rings is 1. The molecule has 2 aromatic heterocycles. The van der Waals surface area contributed by atoms with Crippen molar-refractivity contribution in [2.45, 2.75) is 19.4 Å². The van der Waals surface area contributed by atoms with E-state index in [0.717, 1.165) is 22.3 Å². The van der Waals surface area contributed by atoms with Crippen LogP contribution in [0.25, 0.3) is 10.9 Å². The summed E-state index contributed by atoms with van der Waals surface area (Å²) in [6, 6.07) is 12.0. The summed E-state index contributed by atoms with van der Waals surface area (Å²) in [6.45, 7) is 2.02. The number of carboxylic acids is 1. The van der Waals surface area contributed by atoms with Gasteiger partial charge in [0, 0.05) is 32.0 Å². The Morgan fingerprint density at radius 1 is 1.15 bits per heavy atom.